The number of ether oxygens (including phenoxy) is 1. The average Bonchev–Trinajstić information content (AvgIpc) is 2.84. The molecule has 0 fully saturated rings. The van der Waals surface area contributed by atoms with Crippen LogP contribution < -0.4 is 4.74 Å². The second-order valence-electron chi connectivity index (χ2n) is 4.88. The summed E-state index contributed by atoms with van der Waals surface area (Å²) in [5.74, 6) is 1.04. The summed E-state index contributed by atoms with van der Waals surface area (Å²) in [6, 6.07) is 12.7. The van der Waals surface area contributed by atoms with Crippen LogP contribution in [0.5, 0.6) is 11.5 Å². The fourth-order valence-corrected chi connectivity index (χ4v) is 2.55. The van der Waals surface area contributed by atoms with E-state index in [0.29, 0.717) is 11.6 Å². The zero-order chi connectivity index (χ0) is 14.8. The topological polar surface area (TPSA) is 34.4 Å². The predicted molar refractivity (Wildman–Crippen MR) is 85.1 cm³/mol. The van der Waals surface area contributed by atoms with Crippen molar-refractivity contribution in [1.29, 1.82) is 0 Å². The normalized spacial score (nSPS) is 11.0. The number of benzene rings is 2. The van der Waals surface area contributed by atoms with Crippen molar-refractivity contribution in [3.63, 3.8) is 0 Å². The molecule has 0 saturated carbocycles. The Bertz CT molecular complexity index is 762. The molecule has 3 rings (SSSR count). The summed E-state index contributed by atoms with van der Waals surface area (Å²) >= 11 is 5.86. The van der Waals surface area contributed by atoms with E-state index < -0.39 is 0 Å². The third-order valence-electron chi connectivity index (χ3n) is 3.50. The van der Waals surface area contributed by atoms with Crippen LogP contribution in [0.2, 0.25) is 5.02 Å². The van der Waals surface area contributed by atoms with E-state index in [1.54, 1.807) is 24.3 Å². The molecule has 0 aliphatic heterocycles. The molecule has 0 radical (unpaired) electrons. The molecular formula is C17H16ClNO2. The molecule has 0 bridgehead atoms. The molecule has 0 saturated heterocycles. The summed E-state index contributed by atoms with van der Waals surface area (Å²) in [4.78, 5) is 0. The lowest BCUT2D eigenvalue weighted by Gasteiger charge is -2.05. The van der Waals surface area contributed by atoms with Gasteiger partial charge in [0.1, 0.15) is 18.1 Å². The molecule has 0 aliphatic carbocycles. The standard InChI is InChI=1S/C17H16ClNO2/c1-2-19-10-12(16-9-14(20)5-8-17(16)19)11-21-15-6-3-13(18)4-7-15/h3-10,20H,2,11H2,1H3. The maximum atomic E-state index is 9.69. The van der Waals surface area contributed by atoms with E-state index in [2.05, 4.69) is 17.7 Å². The minimum atomic E-state index is 0.268. The van der Waals surface area contributed by atoms with Crippen LogP contribution in [0.25, 0.3) is 10.9 Å². The number of nitrogens with zero attached hydrogens (tertiary/aromatic N) is 1. The van der Waals surface area contributed by atoms with Gasteiger partial charge in [-0.2, -0.15) is 0 Å². The first-order valence-electron chi connectivity index (χ1n) is 6.86. The second kappa shape index (κ2) is 5.70. The first-order valence-corrected chi connectivity index (χ1v) is 7.24. The van der Waals surface area contributed by atoms with Crippen LogP contribution in [0.1, 0.15) is 12.5 Å². The molecule has 4 heteroatoms. The molecule has 21 heavy (non-hydrogen) atoms. The first-order chi connectivity index (χ1) is 10.2. The summed E-state index contributed by atoms with van der Waals surface area (Å²) in [7, 11) is 0. The molecule has 1 heterocycles. The summed E-state index contributed by atoms with van der Waals surface area (Å²) in [6.45, 7) is 3.42. The van der Waals surface area contributed by atoms with Gasteiger partial charge in [0.05, 0.1) is 0 Å². The third-order valence-corrected chi connectivity index (χ3v) is 3.75. The average molecular weight is 302 g/mol. The number of fused-ring (bicyclic) bond motifs is 1. The van der Waals surface area contributed by atoms with Crippen molar-refractivity contribution in [2.45, 2.75) is 20.1 Å². The van der Waals surface area contributed by atoms with E-state index >= 15 is 0 Å². The van der Waals surface area contributed by atoms with Crippen molar-refractivity contribution in [2.24, 2.45) is 0 Å². The molecule has 0 atom stereocenters. The van der Waals surface area contributed by atoms with Crippen LogP contribution in [0.15, 0.2) is 48.7 Å². The lowest BCUT2D eigenvalue weighted by atomic mass is 10.2. The van der Waals surface area contributed by atoms with Gasteiger partial charge in [0, 0.05) is 34.2 Å². The van der Waals surface area contributed by atoms with Gasteiger partial charge in [-0.3, -0.25) is 0 Å². The summed E-state index contributed by atoms with van der Waals surface area (Å²) in [6.07, 6.45) is 2.07. The Morgan fingerprint density at radius 2 is 1.90 bits per heavy atom. The molecule has 3 aromatic rings. The van der Waals surface area contributed by atoms with Gasteiger partial charge in [0.2, 0.25) is 0 Å². The highest BCUT2D eigenvalue weighted by Crippen LogP contribution is 2.27. The van der Waals surface area contributed by atoms with E-state index in [4.69, 9.17) is 16.3 Å². The lowest BCUT2D eigenvalue weighted by molar-refractivity contribution is 0.307. The van der Waals surface area contributed by atoms with Crippen LogP contribution >= 0.6 is 11.6 Å². The quantitative estimate of drug-likeness (QED) is 0.764. The smallest absolute Gasteiger partial charge is 0.119 e. The number of aromatic nitrogens is 1. The Hall–Kier alpha value is -2.13. The number of phenolic OH excluding ortho intramolecular Hbond substituents is 1. The van der Waals surface area contributed by atoms with E-state index in [-0.39, 0.29) is 5.75 Å². The number of rotatable bonds is 4. The lowest BCUT2D eigenvalue weighted by Crippen LogP contribution is -1.95. The van der Waals surface area contributed by atoms with E-state index in [9.17, 15) is 5.11 Å². The maximum absolute atomic E-state index is 9.69. The molecule has 0 unspecified atom stereocenters. The molecular weight excluding hydrogens is 286 g/mol. The molecule has 1 aromatic heterocycles. The highest BCUT2D eigenvalue weighted by molar-refractivity contribution is 6.30. The van der Waals surface area contributed by atoms with Gasteiger partial charge in [0.15, 0.2) is 0 Å². The van der Waals surface area contributed by atoms with E-state index in [0.717, 1.165) is 28.8 Å². The van der Waals surface area contributed by atoms with Gasteiger partial charge in [-0.15, -0.1) is 0 Å². The van der Waals surface area contributed by atoms with Crippen LogP contribution in [0.3, 0.4) is 0 Å². The van der Waals surface area contributed by atoms with Gasteiger partial charge in [-0.25, -0.2) is 0 Å². The SMILES string of the molecule is CCn1cc(COc2ccc(Cl)cc2)c2cc(O)ccc21. The number of aryl methyl sites for hydroxylation is 1. The second-order valence-corrected chi connectivity index (χ2v) is 5.32. The molecule has 0 amide bonds. The highest BCUT2D eigenvalue weighted by Gasteiger charge is 2.09. The fourth-order valence-electron chi connectivity index (χ4n) is 2.43. The predicted octanol–water partition coefficient (Wildman–Crippen LogP) is 4.60. The fraction of sp³-hybridized carbons (Fsp3) is 0.176. The number of hydrogen-bond acceptors (Lipinski definition) is 2. The van der Waals surface area contributed by atoms with Crippen molar-refractivity contribution in [1.82, 2.24) is 4.57 Å². The van der Waals surface area contributed by atoms with Gasteiger partial charge in [-0.05, 0) is 49.4 Å². The summed E-state index contributed by atoms with van der Waals surface area (Å²) in [5, 5.41) is 11.4. The zero-order valence-corrected chi connectivity index (χ0v) is 12.5. The molecule has 2 aromatic carbocycles. The maximum Gasteiger partial charge on any atom is 0.119 e. The minimum absolute atomic E-state index is 0.268. The largest absolute Gasteiger partial charge is 0.508 e. The van der Waals surface area contributed by atoms with Gasteiger partial charge in [0.25, 0.3) is 0 Å². The Kier molecular flexibility index (Phi) is 3.76. The summed E-state index contributed by atoms with van der Waals surface area (Å²) in [5.41, 5.74) is 2.16. The molecule has 3 nitrogen and oxygen atoms in total. The number of hydrogen-bond donors (Lipinski definition) is 1. The Morgan fingerprint density at radius 3 is 2.62 bits per heavy atom. The van der Waals surface area contributed by atoms with Crippen LogP contribution in [0.4, 0.5) is 0 Å². The van der Waals surface area contributed by atoms with Gasteiger partial charge in [-0.1, -0.05) is 11.6 Å². The molecule has 0 spiro atoms. The first kappa shape index (κ1) is 13.8. The third kappa shape index (κ3) is 2.83. The molecule has 1 N–H and O–H groups in total. The van der Waals surface area contributed by atoms with Crippen LogP contribution in [-0.4, -0.2) is 9.67 Å². The van der Waals surface area contributed by atoms with Gasteiger partial charge >= 0.3 is 0 Å². The van der Waals surface area contributed by atoms with E-state index in [1.807, 2.05) is 18.2 Å². The van der Waals surface area contributed by atoms with Crippen molar-refractivity contribution < 1.29 is 9.84 Å². The van der Waals surface area contributed by atoms with Crippen molar-refractivity contribution in [3.05, 3.63) is 59.2 Å². The Balaban J connectivity index is 1.89. The van der Waals surface area contributed by atoms with E-state index in [1.165, 1.54) is 0 Å². The monoisotopic (exact) mass is 301 g/mol. The van der Waals surface area contributed by atoms with Crippen molar-refractivity contribution in [3.8, 4) is 11.5 Å². The van der Waals surface area contributed by atoms with Crippen molar-refractivity contribution >= 4 is 22.5 Å². The number of halogens is 1. The highest BCUT2D eigenvalue weighted by atomic mass is 35.5. The van der Waals surface area contributed by atoms with Crippen LogP contribution in [-0.2, 0) is 13.2 Å². The molecule has 0 aliphatic rings. The minimum Gasteiger partial charge on any atom is -0.508 e. The number of phenols is 1. The van der Waals surface area contributed by atoms with Gasteiger partial charge < -0.3 is 14.4 Å². The summed E-state index contributed by atoms with van der Waals surface area (Å²) < 4.78 is 7.95. The van der Waals surface area contributed by atoms with Crippen LogP contribution in [0, 0.1) is 0 Å². The number of aromatic hydroxyl groups is 1. The zero-order valence-electron chi connectivity index (χ0n) is 11.7. The Labute approximate surface area is 128 Å². The molecule has 108 valence electrons. The Morgan fingerprint density at radius 1 is 1.14 bits per heavy atom. The van der Waals surface area contributed by atoms with Crippen molar-refractivity contribution in [2.75, 3.05) is 0 Å².